The predicted molar refractivity (Wildman–Crippen MR) is 133 cm³/mol. The number of aromatic nitrogens is 1. The molecule has 196 valence electrons. The Morgan fingerprint density at radius 1 is 1.11 bits per heavy atom. The van der Waals surface area contributed by atoms with E-state index >= 15 is 0 Å². The number of fused-ring (bicyclic) bond motifs is 1. The second-order valence-corrected chi connectivity index (χ2v) is 8.62. The van der Waals surface area contributed by atoms with Crippen molar-refractivity contribution in [3.63, 3.8) is 0 Å². The van der Waals surface area contributed by atoms with E-state index in [-0.39, 0.29) is 11.6 Å². The number of carbonyl (C=O) groups is 3. The van der Waals surface area contributed by atoms with Crippen molar-refractivity contribution in [2.75, 3.05) is 26.2 Å². The lowest BCUT2D eigenvalue weighted by molar-refractivity contribution is -0.134. The summed E-state index contributed by atoms with van der Waals surface area (Å²) in [5.41, 5.74) is 1.26. The van der Waals surface area contributed by atoms with Gasteiger partial charge >= 0.3 is 11.9 Å². The Bertz CT molecular complexity index is 1250. The first-order valence-corrected chi connectivity index (χ1v) is 11.9. The first-order chi connectivity index (χ1) is 17.7. The minimum absolute atomic E-state index is 0.0444. The molecular weight excluding hydrogens is 483 g/mol. The molecule has 1 saturated heterocycles. The first-order valence-electron chi connectivity index (χ1n) is 11.9. The molecule has 37 heavy (non-hydrogen) atoms. The molecule has 0 unspecified atom stereocenters. The number of halogens is 1. The number of aliphatic carboxylic acids is 2. The first kappa shape index (κ1) is 27.5. The molecule has 2 aromatic carbocycles. The molecule has 9 nitrogen and oxygen atoms in total. The molecule has 0 amide bonds. The lowest BCUT2D eigenvalue weighted by Crippen LogP contribution is -2.34. The summed E-state index contributed by atoms with van der Waals surface area (Å²) in [4.78, 5) is 33.0. The van der Waals surface area contributed by atoms with Crippen LogP contribution in [-0.4, -0.2) is 64.2 Å². The highest BCUT2D eigenvalue weighted by molar-refractivity contribution is 5.94. The van der Waals surface area contributed by atoms with Gasteiger partial charge in [0.15, 0.2) is 5.78 Å². The molecule has 0 radical (unpaired) electrons. The maximum atomic E-state index is 13.3. The summed E-state index contributed by atoms with van der Waals surface area (Å²) in [6, 6.07) is 12.0. The monoisotopic (exact) mass is 512 g/mol. The predicted octanol–water partition coefficient (Wildman–Crippen LogP) is 4.53. The van der Waals surface area contributed by atoms with Crippen LogP contribution >= 0.6 is 0 Å². The van der Waals surface area contributed by atoms with E-state index in [9.17, 15) is 18.8 Å². The molecule has 0 spiro atoms. The molecule has 2 heterocycles. The van der Waals surface area contributed by atoms with Crippen LogP contribution in [0.25, 0.3) is 10.9 Å². The fraction of sp³-hybridized carbons (Fsp3) is 0.333. The molecule has 1 fully saturated rings. The average Bonchev–Trinajstić information content (AvgIpc) is 3.29. The Morgan fingerprint density at radius 3 is 2.46 bits per heavy atom. The molecule has 1 aromatic heterocycles. The summed E-state index contributed by atoms with van der Waals surface area (Å²) in [5, 5.41) is 20.6. The normalized spacial score (nSPS) is 14.3. The standard InChI is InChI=1S/C23H25FN2O3.C4H4O4/c1-16(27)18-4-2-5-20(14-18)28-13-3-10-26-11-8-17(9-12-26)23-21-7-6-19(24)15-22(21)25-29-23;5-3(6)1-2-4(7)8/h2,4-7,14-15,17H,3,8-13H2,1H3;1-2H,(H,5,6)(H,7,8)/b;2-1+. The van der Waals surface area contributed by atoms with E-state index in [2.05, 4.69) is 10.1 Å². The zero-order chi connectivity index (χ0) is 26.8. The number of likely N-dealkylation sites (tertiary alicyclic amines) is 1. The smallest absolute Gasteiger partial charge is 0.328 e. The van der Waals surface area contributed by atoms with Gasteiger partial charge in [-0.1, -0.05) is 17.3 Å². The van der Waals surface area contributed by atoms with E-state index < -0.39 is 11.9 Å². The Hall–Kier alpha value is -4.05. The van der Waals surface area contributed by atoms with E-state index in [1.807, 2.05) is 12.1 Å². The molecule has 2 N–H and O–H groups in total. The van der Waals surface area contributed by atoms with Gasteiger partial charge in [-0.05, 0) is 63.5 Å². The summed E-state index contributed by atoms with van der Waals surface area (Å²) in [5.74, 6) is -0.809. The van der Waals surface area contributed by atoms with Gasteiger partial charge in [-0.2, -0.15) is 0 Å². The number of ketones is 1. The van der Waals surface area contributed by atoms with Gasteiger partial charge in [0.2, 0.25) is 0 Å². The lowest BCUT2D eigenvalue weighted by atomic mass is 9.92. The minimum Gasteiger partial charge on any atom is -0.494 e. The molecule has 1 aliphatic rings. The fourth-order valence-corrected chi connectivity index (χ4v) is 4.08. The Balaban J connectivity index is 0.000000414. The van der Waals surface area contributed by atoms with Crippen molar-refractivity contribution in [2.24, 2.45) is 0 Å². The summed E-state index contributed by atoms with van der Waals surface area (Å²) in [6.45, 7) is 5.14. The van der Waals surface area contributed by atoms with Gasteiger partial charge in [-0.15, -0.1) is 0 Å². The zero-order valence-electron chi connectivity index (χ0n) is 20.4. The van der Waals surface area contributed by atoms with Gasteiger partial charge in [-0.3, -0.25) is 4.79 Å². The number of carboxylic acids is 2. The van der Waals surface area contributed by atoms with Gasteiger partial charge < -0.3 is 24.4 Å². The van der Waals surface area contributed by atoms with Crippen molar-refractivity contribution in [1.82, 2.24) is 10.1 Å². The highest BCUT2D eigenvalue weighted by atomic mass is 19.1. The Morgan fingerprint density at radius 2 is 1.81 bits per heavy atom. The van der Waals surface area contributed by atoms with Crippen LogP contribution in [0.15, 0.2) is 59.1 Å². The van der Waals surface area contributed by atoms with Gasteiger partial charge in [-0.25, -0.2) is 14.0 Å². The number of rotatable bonds is 9. The minimum atomic E-state index is -1.26. The molecule has 10 heteroatoms. The summed E-state index contributed by atoms with van der Waals surface area (Å²) >= 11 is 0. The van der Waals surface area contributed by atoms with Crippen molar-refractivity contribution in [2.45, 2.75) is 32.1 Å². The van der Waals surface area contributed by atoms with E-state index in [1.54, 1.807) is 25.1 Å². The molecule has 0 atom stereocenters. The van der Waals surface area contributed by atoms with Crippen LogP contribution in [0.4, 0.5) is 4.39 Å². The maximum Gasteiger partial charge on any atom is 0.328 e. The second-order valence-electron chi connectivity index (χ2n) is 8.62. The molecule has 1 aliphatic heterocycles. The topological polar surface area (TPSA) is 130 Å². The van der Waals surface area contributed by atoms with Crippen molar-refractivity contribution in [1.29, 1.82) is 0 Å². The maximum absolute atomic E-state index is 13.3. The van der Waals surface area contributed by atoms with Crippen LogP contribution in [0.3, 0.4) is 0 Å². The van der Waals surface area contributed by atoms with Gasteiger partial charge in [0, 0.05) is 41.6 Å². The molecular formula is C27H29FN2O7. The number of carboxylic acid groups (broad SMARTS) is 2. The molecule has 0 saturated carbocycles. The number of Topliss-reactive ketones (excluding diaryl/α,β-unsaturated/α-hetero) is 1. The molecule has 0 aliphatic carbocycles. The third kappa shape index (κ3) is 8.53. The molecule has 3 aromatic rings. The average molecular weight is 513 g/mol. The van der Waals surface area contributed by atoms with Crippen LogP contribution in [0.2, 0.25) is 0 Å². The van der Waals surface area contributed by atoms with Gasteiger partial charge in [0.1, 0.15) is 22.8 Å². The van der Waals surface area contributed by atoms with Gasteiger partial charge in [0.05, 0.1) is 6.61 Å². The van der Waals surface area contributed by atoms with Crippen LogP contribution in [-0.2, 0) is 9.59 Å². The number of ether oxygens (including phenoxy) is 1. The summed E-state index contributed by atoms with van der Waals surface area (Å²) in [6.07, 6.45) is 4.05. The number of carbonyl (C=O) groups excluding carboxylic acids is 1. The second kappa shape index (κ2) is 13.3. The number of piperidine rings is 1. The van der Waals surface area contributed by atoms with Gasteiger partial charge in [0.25, 0.3) is 0 Å². The highest BCUT2D eigenvalue weighted by Crippen LogP contribution is 2.33. The largest absolute Gasteiger partial charge is 0.494 e. The van der Waals surface area contributed by atoms with E-state index in [0.29, 0.717) is 35.8 Å². The zero-order valence-corrected chi connectivity index (χ0v) is 20.4. The fourth-order valence-electron chi connectivity index (χ4n) is 4.08. The third-order valence-corrected chi connectivity index (χ3v) is 5.92. The van der Waals surface area contributed by atoms with E-state index in [4.69, 9.17) is 19.5 Å². The number of benzene rings is 2. The molecule has 4 rings (SSSR count). The van der Waals surface area contributed by atoms with Crippen molar-refractivity contribution >= 4 is 28.6 Å². The van der Waals surface area contributed by atoms with E-state index in [1.165, 1.54) is 12.1 Å². The number of nitrogens with zero attached hydrogens (tertiary/aromatic N) is 2. The number of hydrogen-bond acceptors (Lipinski definition) is 7. The van der Waals surface area contributed by atoms with Crippen molar-refractivity contribution in [3.8, 4) is 5.75 Å². The van der Waals surface area contributed by atoms with Crippen LogP contribution in [0.1, 0.15) is 48.2 Å². The summed E-state index contributed by atoms with van der Waals surface area (Å²) < 4.78 is 24.7. The lowest BCUT2D eigenvalue weighted by Gasteiger charge is -2.30. The van der Waals surface area contributed by atoms with Crippen LogP contribution in [0.5, 0.6) is 5.75 Å². The molecule has 0 bridgehead atoms. The van der Waals surface area contributed by atoms with Crippen LogP contribution in [0, 0.1) is 5.82 Å². The Labute approximate surface area is 213 Å². The Kier molecular flexibility index (Phi) is 9.91. The van der Waals surface area contributed by atoms with Crippen molar-refractivity contribution < 1.29 is 38.2 Å². The SMILES string of the molecule is CC(=O)c1cccc(OCCCN2CCC(c3onc4cc(F)ccc34)CC2)c1.O=C(O)/C=C/C(=O)O. The highest BCUT2D eigenvalue weighted by Gasteiger charge is 2.25. The third-order valence-electron chi connectivity index (χ3n) is 5.92. The number of hydrogen-bond donors (Lipinski definition) is 2. The summed E-state index contributed by atoms with van der Waals surface area (Å²) in [7, 11) is 0. The van der Waals surface area contributed by atoms with Crippen LogP contribution < -0.4 is 4.74 Å². The quantitative estimate of drug-likeness (QED) is 0.241. The van der Waals surface area contributed by atoms with E-state index in [0.717, 1.165) is 55.8 Å². The van der Waals surface area contributed by atoms with Crippen molar-refractivity contribution in [3.05, 3.63) is 71.8 Å².